The summed E-state index contributed by atoms with van der Waals surface area (Å²) in [7, 11) is 0. The van der Waals surface area contributed by atoms with E-state index in [-0.39, 0.29) is 24.1 Å². The van der Waals surface area contributed by atoms with Crippen molar-refractivity contribution < 1.29 is 19.2 Å². The molecule has 0 bridgehead atoms. The van der Waals surface area contributed by atoms with E-state index < -0.39 is 22.9 Å². The Morgan fingerprint density at radius 3 is 2.57 bits per heavy atom. The molecule has 0 saturated carbocycles. The standard InChI is InChI=1S/C23H29N3O4/c1-6-7-23-11-26(10-15(23)19(28)24-21(30)25-23)20(29)17-13(3)8-12(2)16-14(17)9-22(4,5)18(16)27/h8,15H,6-7,9-11H2,1-5H3,(H2,24,25,28,30). The van der Waals surface area contributed by atoms with Gasteiger partial charge in [0.25, 0.3) is 5.91 Å². The Morgan fingerprint density at radius 1 is 1.20 bits per heavy atom. The Labute approximate surface area is 176 Å². The maximum atomic E-state index is 13.7. The predicted octanol–water partition coefficient (Wildman–Crippen LogP) is 2.52. The number of urea groups is 1. The van der Waals surface area contributed by atoms with Crippen LogP contribution < -0.4 is 10.6 Å². The topological polar surface area (TPSA) is 95.6 Å². The summed E-state index contributed by atoms with van der Waals surface area (Å²) in [5.41, 5.74) is 2.53. The lowest BCUT2D eigenvalue weighted by molar-refractivity contribution is -0.126. The average Bonchev–Trinajstić information content (AvgIpc) is 3.11. The highest BCUT2D eigenvalue weighted by atomic mass is 16.2. The summed E-state index contributed by atoms with van der Waals surface area (Å²) in [4.78, 5) is 52.9. The zero-order chi connectivity index (χ0) is 22.0. The fraction of sp³-hybridized carbons (Fsp3) is 0.565. The molecule has 2 fully saturated rings. The predicted molar refractivity (Wildman–Crippen MR) is 111 cm³/mol. The van der Waals surface area contributed by atoms with Gasteiger partial charge in [-0.25, -0.2) is 4.79 Å². The van der Waals surface area contributed by atoms with Crippen LogP contribution in [0.4, 0.5) is 4.79 Å². The quantitative estimate of drug-likeness (QED) is 0.799. The summed E-state index contributed by atoms with van der Waals surface area (Å²) in [6, 6.07) is 1.41. The summed E-state index contributed by atoms with van der Waals surface area (Å²) in [5, 5.41) is 5.28. The van der Waals surface area contributed by atoms with E-state index in [1.54, 1.807) is 4.90 Å². The number of nitrogens with zero attached hydrogens (tertiary/aromatic N) is 1. The maximum absolute atomic E-state index is 13.7. The molecule has 2 atom stereocenters. The number of likely N-dealkylation sites (tertiary alicyclic amines) is 1. The molecule has 1 aromatic rings. The Hall–Kier alpha value is -2.70. The summed E-state index contributed by atoms with van der Waals surface area (Å²) < 4.78 is 0. The van der Waals surface area contributed by atoms with Crippen LogP contribution in [0.15, 0.2) is 6.07 Å². The highest BCUT2D eigenvalue weighted by Gasteiger charge is 2.55. The van der Waals surface area contributed by atoms with E-state index in [9.17, 15) is 19.2 Å². The Kier molecular flexibility index (Phi) is 4.56. The van der Waals surface area contributed by atoms with Gasteiger partial charge in [0.1, 0.15) is 0 Å². The number of hydrogen-bond donors (Lipinski definition) is 2. The van der Waals surface area contributed by atoms with E-state index in [1.807, 2.05) is 40.7 Å². The van der Waals surface area contributed by atoms with Crippen molar-refractivity contribution in [2.24, 2.45) is 11.3 Å². The van der Waals surface area contributed by atoms with Crippen LogP contribution in [-0.4, -0.2) is 47.2 Å². The van der Waals surface area contributed by atoms with Gasteiger partial charge in [-0.15, -0.1) is 0 Å². The Morgan fingerprint density at radius 2 is 1.90 bits per heavy atom. The molecule has 4 rings (SSSR count). The van der Waals surface area contributed by atoms with Crippen molar-refractivity contribution in [1.82, 2.24) is 15.5 Å². The number of carbonyl (C=O) groups is 4. The number of carbonyl (C=O) groups excluding carboxylic acids is 4. The van der Waals surface area contributed by atoms with Gasteiger partial charge in [-0.1, -0.05) is 33.3 Å². The Balaban J connectivity index is 1.75. The van der Waals surface area contributed by atoms with Crippen molar-refractivity contribution in [3.05, 3.63) is 33.9 Å². The number of Topliss-reactive ketones (excluding diaryl/α,β-unsaturated/α-hetero) is 1. The van der Waals surface area contributed by atoms with Crippen LogP contribution in [0.25, 0.3) is 0 Å². The molecular formula is C23H29N3O4. The molecule has 7 heteroatoms. The van der Waals surface area contributed by atoms with Crippen LogP contribution in [0.3, 0.4) is 0 Å². The van der Waals surface area contributed by atoms with E-state index in [4.69, 9.17) is 0 Å². The zero-order valence-corrected chi connectivity index (χ0v) is 18.3. The van der Waals surface area contributed by atoms with Crippen LogP contribution in [0, 0.1) is 25.2 Å². The van der Waals surface area contributed by atoms with Gasteiger partial charge < -0.3 is 10.2 Å². The largest absolute Gasteiger partial charge is 0.335 e. The van der Waals surface area contributed by atoms with Gasteiger partial charge in [-0.3, -0.25) is 19.7 Å². The van der Waals surface area contributed by atoms with Gasteiger partial charge in [-0.2, -0.15) is 0 Å². The second-order valence-corrected chi connectivity index (χ2v) is 9.72. The molecule has 1 aromatic carbocycles. The zero-order valence-electron chi connectivity index (χ0n) is 18.3. The molecule has 4 amide bonds. The first-order chi connectivity index (χ1) is 14.0. The van der Waals surface area contributed by atoms with Crippen LogP contribution >= 0.6 is 0 Å². The first kappa shape index (κ1) is 20.6. The van der Waals surface area contributed by atoms with Crippen molar-refractivity contribution in [1.29, 1.82) is 0 Å². The second kappa shape index (κ2) is 6.65. The van der Waals surface area contributed by atoms with Gasteiger partial charge in [0, 0.05) is 29.6 Å². The van der Waals surface area contributed by atoms with Gasteiger partial charge in [0.05, 0.1) is 11.5 Å². The van der Waals surface area contributed by atoms with Crippen LogP contribution in [-0.2, 0) is 11.2 Å². The third kappa shape index (κ3) is 2.86. The SMILES string of the molecule is CCCC12CN(C(=O)c3c(C)cc(C)c4c3CC(C)(C)C4=O)CC1C(=O)NC(=O)N2. The maximum Gasteiger partial charge on any atom is 0.321 e. The summed E-state index contributed by atoms with van der Waals surface area (Å²) >= 11 is 0. The highest BCUT2D eigenvalue weighted by Crippen LogP contribution is 2.42. The average molecular weight is 412 g/mol. The van der Waals surface area contributed by atoms with E-state index in [0.717, 1.165) is 23.1 Å². The van der Waals surface area contributed by atoms with Crippen molar-refractivity contribution >= 4 is 23.6 Å². The number of amides is 4. The number of ketones is 1. The molecule has 7 nitrogen and oxygen atoms in total. The lowest BCUT2D eigenvalue weighted by Gasteiger charge is -2.38. The number of nitrogens with one attached hydrogen (secondary N) is 2. The van der Waals surface area contributed by atoms with E-state index in [2.05, 4.69) is 10.6 Å². The lowest BCUT2D eigenvalue weighted by Crippen LogP contribution is -2.66. The van der Waals surface area contributed by atoms with Crippen LogP contribution in [0.1, 0.15) is 71.0 Å². The molecule has 1 aliphatic carbocycles. The molecule has 2 aliphatic heterocycles. The van der Waals surface area contributed by atoms with Crippen LogP contribution in [0.2, 0.25) is 0 Å². The highest BCUT2D eigenvalue weighted by molar-refractivity contribution is 6.10. The monoisotopic (exact) mass is 411 g/mol. The molecule has 160 valence electrons. The van der Waals surface area contributed by atoms with Gasteiger partial charge in [0.15, 0.2) is 5.78 Å². The molecule has 2 heterocycles. The van der Waals surface area contributed by atoms with E-state index in [1.165, 1.54) is 0 Å². The van der Waals surface area contributed by atoms with E-state index in [0.29, 0.717) is 30.5 Å². The van der Waals surface area contributed by atoms with Gasteiger partial charge in [0.2, 0.25) is 5.91 Å². The number of imide groups is 1. The van der Waals surface area contributed by atoms with E-state index >= 15 is 0 Å². The minimum Gasteiger partial charge on any atom is -0.335 e. The fourth-order valence-electron chi connectivity index (χ4n) is 5.62. The summed E-state index contributed by atoms with van der Waals surface area (Å²) in [6.45, 7) is 10.2. The van der Waals surface area contributed by atoms with Crippen molar-refractivity contribution in [2.75, 3.05) is 13.1 Å². The molecule has 30 heavy (non-hydrogen) atoms. The number of hydrogen-bond acceptors (Lipinski definition) is 4. The molecule has 0 spiro atoms. The second-order valence-electron chi connectivity index (χ2n) is 9.72. The minimum absolute atomic E-state index is 0.0771. The molecule has 2 unspecified atom stereocenters. The first-order valence-corrected chi connectivity index (χ1v) is 10.6. The third-order valence-electron chi connectivity index (χ3n) is 6.94. The smallest absolute Gasteiger partial charge is 0.321 e. The van der Waals surface area contributed by atoms with Crippen LogP contribution in [0.5, 0.6) is 0 Å². The normalized spacial score (nSPS) is 26.9. The molecule has 2 N–H and O–H groups in total. The summed E-state index contributed by atoms with van der Waals surface area (Å²) in [6.07, 6.45) is 1.93. The van der Waals surface area contributed by atoms with Crippen molar-refractivity contribution in [3.63, 3.8) is 0 Å². The number of fused-ring (bicyclic) bond motifs is 2. The summed E-state index contributed by atoms with van der Waals surface area (Å²) in [5.74, 6) is -0.893. The third-order valence-corrected chi connectivity index (χ3v) is 6.94. The lowest BCUT2D eigenvalue weighted by atomic mass is 9.81. The number of rotatable bonds is 3. The molecule has 0 aromatic heterocycles. The Bertz CT molecular complexity index is 997. The van der Waals surface area contributed by atoms with Crippen molar-refractivity contribution in [3.8, 4) is 0 Å². The molecule has 0 radical (unpaired) electrons. The van der Waals surface area contributed by atoms with Gasteiger partial charge >= 0.3 is 6.03 Å². The minimum atomic E-state index is -0.735. The van der Waals surface area contributed by atoms with Crippen molar-refractivity contribution in [2.45, 2.75) is 59.4 Å². The molecule has 3 aliphatic rings. The number of aryl methyl sites for hydroxylation is 2. The molecular weight excluding hydrogens is 382 g/mol. The molecule has 2 saturated heterocycles. The van der Waals surface area contributed by atoms with Gasteiger partial charge in [-0.05, 0) is 43.4 Å². The first-order valence-electron chi connectivity index (χ1n) is 10.6. The fourth-order valence-corrected chi connectivity index (χ4v) is 5.62. The number of benzene rings is 1.